The molecule has 8 heteroatoms. The number of methoxy groups -OCH3 is 1. The van der Waals surface area contributed by atoms with Gasteiger partial charge in [0.2, 0.25) is 0 Å². The van der Waals surface area contributed by atoms with Gasteiger partial charge in [-0.1, -0.05) is 35.0 Å². The first kappa shape index (κ1) is 19.9. The van der Waals surface area contributed by atoms with Crippen molar-refractivity contribution in [2.24, 2.45) is 5.10 Å². The molecule has 2 aromatic carbocycles. The van der Waals surface area contributed by atoms with Gasteiger partial charge in [0.15, 0.2) is 11.5 Å². The van der Waals surface area contributed by atoms with Crippen LogP contribution in [-0.4, -0.2) is 29.1 Å². The molecule has 28 heavy (non-hydrogen) atoms. The van der Waals surface area contributed by atoms with E-state index in [0.717, 1.165) is 15.6 Å². The third-order valence-electron chi connectivity index (χ3n) is 4.26. The molecular weight excluding hydrogens is 426 g/mol. The Hall–Kier alpha value is -2.87. The number of hydrogen-bond acceptors (Lipinski definition) is 5. The number of benzene rings is 2. The second kappa shape index (κ2) is 8.43. The minimum absolute atomic E-state index is 0.0472. The number of aromatic amines is 1. The summed E-state index contributed by atoms with van der Waals surface area (Å²) in [5, 5.41) is 4.49. The lowest BCUT2D eigenvalue weighted by atomic mass is 10.2. The van der Waals surface area contributed by atoms with Gasteiger partial charge in [0.05, 0.1) is 30.3 Å². The number of rotatable bonds is 6. The highest BCUT2D eigenvalue weighted by molar-refractivity contribution is 9.10. The van der Waals surface area contributed by atoms with Crippen LogP contribution in [-0.2, 0) is 0 Å². The fourth-order valence-electron chi connectivity index (χ4n) is 2.62. The Morgan fingerprint density at radius 1 is 1.29 bits per heavy atom. The van der Waals surface area contributed by atoms with Gasteiger partial charge < -0.3 is 14.5 Å². The van der Waals surface area contributed by atoms with Crippen LogP contribution in [0.3, 0.4) is 0 Å². The lowest BCUT2D eigenvalue weighted by molar-refractivity contribution is 0.207. The molecule has 0 aliphatic carbocycles. The Labute approximate surface area is 169 Å². The number of nitrogens with one attached hydrogen (secondary N) is 1. The largest absolute Gasteiger partial charge is 0.493 e. The quantitative estimate of drug-likeness (QED) is 0.588. The van der Waals surface area contributed by atoms with Gasteiger partial charge in [0.1, 0.15) is 0 Å². The average molecular weight is 446 g/mol. The van der Waals surface area contributed by atoms with E-state index < -0.39 is 11.2 Å². The second-order valence-corrected chi connectivity index (χ2v) is 7.12. The summed E-state index contributed by atoms with van der Waals surface area (Å²) in [5.41, 5.74) is -0.0758. The Bertz CT molecular complexity index is 1150. The van der Waals surface area contributed by atoms with Crippen LogP contribution in [0.1, 0.15) is 25.8 Å². The van der Waals surface area contributed by atoms with Crippen molar-refractivity contribution in [2.45, 2.75) is 26.4 Å². The van der Waals surface area contributed by atoms with E-state index in [1.807, 2.05) is 13.8 Å². The van der Waals surface area contributed by atoms with Crippen LogP contribution in [0, 0.1) is 0 Å². The number of halogens is 1. The number of para-hydroxylation sites is 1. The van der Waals surface area contributed by atoms with E-state index in [0.29, 0.717) is 28.0 Å². The molecule has 0 fully saturated rings. The van der Waals surface area contributed by atoms with Crippen molar-refractivity contribution >= 4 is 33.0 Å². The van der Waals surface area contributed by atoms with Crippen LogP contribution in [0.25, 0.3) is 10.9 Å². The minimum atomic E-state index is -0.619. The van der Waals surface area contributed by atoms with Crippen LogP contribution in [0.5, 0.6) is 11.5 Å². The van der Waals surface area contributed by atoms with Gasteiger partial charge in [-0.05, 0) is 37.6 Å². The summed E-state index contributed by atoms with van der Waals surface area (Å²) in [6.45, 7) is 3.96. The Morgan fingerprint density at radius 2 is 2.04 bits per heavy atom. The number of H-pyrrole nitrogens is 1. The summed E-state index contributed by atoms with van der Waals surface area (Å²) in [6.07, 6.45) is 2.17. The summed E-state index contributed by atoms with van der Waals surface area (Å²) >= 11 is 3.43. The van der Waals surface area contributed by atoms with E-state index >= 15 is 0 Å². The Kier molecular flexibility index (Phi) is 5.99. The number of fused-ring (bicyclic) bond motifs is 1. The van der Waals surface area contributed by atoms with E-state index in [2.05, 4.69) is 26.0 Å². The minimum Gasteiger partial charge on any atom is -0.493 e. The summed E-state index contributed by atoms with van der Waals surface area (Å²) < 4.78 is 12.9. The standard InChI is InChI=1S/C20H20BrN3O4/c1-4-12(2)28-18-13(9-14(21)10-17(18)27-3)11-22-24-19(25)15-7-5-6-8-16(15)23-20(24)26/h5-12H,4H2,1-3H3,(H,23,26)/t12-/m0/s1. The van der Waals surface area contributed by atoms with Crippen molar-refractivity contribution in [2.75, 3.05) is 7.11 Å². The highest BCUT2D eigenvalue weighted by Gasteiger charge is 2.15. The van der Waals surface area contributed by atoms with Gasteiger partial charge in [-0.3, -0.25) is 4.79 Å². The number of hydrogen-bond donors (Lipinski definition) is 1. The molecule has 1 N–H and O–H groups in total. The van der Waals surface area contributed by atoms with E-state index in [1.165, 1.54) is 6.21 Å². The van der Waals surface area contributed by atoms with Crippen LogP contribution in [0.15, 0.2) is 55.6 Å². The number of nitrogens with zero attached hydrogens (tertiary/aromatic N) is 2. The monoisotopic (exact) mass is 445 g/mol. The van der Waals surface area contributed by atoms with E-state index in [4.69, 9.17) is 9.47 Å². The lowest BCUT2D eigenvalue weighted by Crippen LogP contribution is -2.32. The normalized spacial score (nSPS) is 12.4. The van der Waals surface area contributed by atoms with Crippen LogP contribution in [0.2, 0.25) is 0 Å². The van der Waals surface area contributed by atoms with Crippen LogP contribution >= 0.6 is 15.9 Å². The first-order valence-corrected chi connectivity index (χ1v) is 9.56. The summed E-state index contributed by atoms with van der Waals surface area (Å²) in [5.74, 6) is 1.02. The molecule has 0 aliphatic heterocycles. The van der Waals surface area contributed by atoms with E-state index in [1.54, 1.807) is 43.5 Å². The molecule has 3 aromatic rings. The third kappa shape index (κ3) is 4.01. The first-order chi connectivity index (χ1) is 13.4. The maximum Gasteiger partial charge on any atom is 0.349 e. The molecule has 0 bridgehead atoms. The van der Waals surface area contributed by atoms with Gasteiger partial charge in [-0.2, -0.15) is 5.10 Å². The van der Waals surface area contributed by atoms with Crippen molar-refractivity contribution in [3.8, 4) is 11.5 Å². The van der Waals surface area contributed by atoms with E-state index in [-0.39, 0.29) is 6.10 Å². The van der Waals surface area contributed by atoms with Crippen molar-refractivity contribution in [1.29, 1.82) is 0 Å². The zero-order valence-corrected chi connectivity index (χ0v) is 17.3. The molecule has 1 atom stereocenters. The molecule has 0 aliphatic rings. The van der Waals surface area contributed by atoms with Crippen LogP contribution in [0.4, 0.5) is 0 Å². The molecule has 0 unspecified atom stereocenters. The van der Waals surface area contributed by atoms with Crippen LogP contribution < -0.4 is 20.7 Å². The molecule has 0 saturated carbocycles. The molecule has 1 aromatic heterocycles. The van der Waals surface area contributed by atoms with E-state index in [9.17, 15) is 9.59 Å². The molecule has 0 radical (unpaired) electrons. The molecule has 3 rings (SSSR count). The molecule has 146 valence electrons. The van der Waals surface area contributed by atoms with Gasteiger partial charge >= 0.3 is 5.69 Å². The third-order valence-corrected chi connectivity index (χ3v) is 4.72. The molecule has 0 spiro atoms. The second-order valence-electron chi connectivity index (χ2n) is 6.20. The molecule has 1 heterocycles. The average Bonchev–Trinajstić information content (AvgIpc) is 2.69. The zero-order valence-electron chi connectivity index (χ0n) is 15.7. The van der Waals surface area contributed by atoms with Gasteiger partial charge in [-0.15, -0.1) is 4.68 Å². The number of aromatic nitrogens is 2. The van der Waals surface area contributed by atoms with Crippen molar-refractivity contribution < 1.29 is 9.47 Å². The maximum absolute atomic E-state index is 12.6. The smallest absolute Gasteiger partial charge is 0.349 e. The Morgan fingerprint density at radius 3 is 2.75 bits per heavy atom. The predicted octanol–water partition coefficient (Wildman–Crippen LogP) is 3.52. The zero-order chi connectivity index (χ0) is 20.3. The Balaban J connectivity index is 2.12. The van der Waals surface area contributed by atoms with Crippen molar-refractivity contribution in [3.63, 3.8) is 0 Å². The lowest BCUT2D eigenvalue weighted by Gasteiger charge is -2.18. The molecular formula is C20H20BrN3O4. The molecule has 7 nitrogen and oxygen atoms in total. The van der Waals surface area contributed by atoms with Gasteiger partial charge in [-0.25, -0.2) is 4.79 Å². The molecule has 0 saturated heterocycles. The summed E-state index contributed by atoms with van der Waals surface area (Å²) in [4.78, 5) is 27.6. The fourth-order valence-corrected chi connectivity index (χ4v) is 3.08. The predicted molar refractivity (Wildman–Crippen MR) is 113 cm³/mol. The van der Waals surface area contributed by atoms with Crippen molar-refractivity contribution in [3.05, 3.63) is 67.3 Å². The summed E-state index contributed by atoms with van der Waals surface area (Å²) in [7, 11) is 1.55. The molecule has 0 amide bonds. The highest BCUT2D eigenvalue weighted by Crippen LogP contribution is 2.35. The van der Waals surface area contributed by atoms with Crippen molar-refractivity contribution in [1.82, 2.24) is 9.66 Å². The first-order valence-electron chi connectivity index (χ1n) is 8.77. The topological polar surface area (TPSA) is 85.7 Å². The SMILES string of the molecule is CC[C@H](C)Oc1c(C=Nn2c(=O)[nH]c3ccccc3c2=O)cc(Br)cc1OC. The highest BCUT2D eigenvalue weighted by atomic mass is 79.9. The fraction of sp³-hybridized carbons (Fsp3) is 0.250. The van der Waals surface area contributed by atoms with Gasteiger partial charge in [0.25, 0.3) is 5.56 Å². The summed E-state index contributed by atoms with van der Waals surface area (Å²) in [6, 6.07) is 10.3. The van der Waals surface area contributed by atoms with Gasteiger partial charge in [0, 0.05) is 10.0 Å². The maximum atomic E-state index is 12.6. The number of ether oxygens (including phenoxy) is 2.